The summed E-state index contributed by atoms with van der Waals surface area (Å²) in [5.74, 6) is 0.415. The van der Waals surface area contributed by atoms with Crippen LogP contribution in [0.2, 0.25) is 0 Å². The first-order valence-electron chi connectivity index (χ1n) is 11.2. The van der Waals surface area contributed by atoms with Gasteiger partial charge in [-0.05, 0) is 50.3 Å². The number of benzene rings is 1. The Hall–Kier alpha value is -3.27. The first-order valence-corrected chi connectivity index (χ1v) is 11.2. The Morgan fingerprint density at radius 2 is 1.91 bits per heavy atom. The number of anilines is 2. The van der Waals surface area contributed by atoms with Gasteiger partial charge in [-0.2, -0.15) is 0 Å². The van der Waals surface area contributed by atoms with Crippen LogP contribution in [0.25, 0.3) is 11.1 Å². The molecule has 0 aliphatic carbocycles. The van der Waals surface area contributed by atoms with Gasteiger partial charge in [0, 0.05) is 49.1 Å². The highest BCUT2D eigenvalue weighted by Gasteiger charge is 2.38. The number of fused-ring (bicyclic) bond motifs is 1. The van der Waals surface area contributed by atoms with Crippen molar-refractivity contribution in [2.75, 3.05) is 50.0 Å². The Labute approximate surface area is 197 Å². The molecule has 9 heteroatoms. The normalized spacial score (nSPS) is 18.5. The minimum Gasteiger partial charge on any atom is -0.482 e. The Balaban J connectivity index is 1.51. The lowest BCUT2D eigenvalue weighted by atomic mass is 9.93. The maximum Gasteiger partial charge on any atom is 0.260 e. The van der Waals surface area contributed by atoms with Gasteiger partial charge < -0.3 is 25.6 Å². The second kappa shape index (κ2) is 9.92. The Kier molecular flexibility index (Phi) is 6.97. The van der Waals surface area contributed by atoms with Crippen molar-refractivity contribution in [3.8, 4) is 0 Å². The monoisotopic (exact) mass is 468 g/mol. The van der Waals surface area contributed by atoms with Gasteiger partial charge in [0.15, 0.2) is 0 Å². The van der Waals surface area contributed by atoms with E-state index in [4.69, 9.17) is 14.9 Å². The molecule has 1 aromatic carbocycles. The van der Waals surface area contributed by atoms with Crippen molar-refractivity contribution in [1.29, 1.82) is 0 Å². The van der Waals surface area contributed by atoms with Crippen LogP contribution in [0.3, 0.4) is 0 Å². The molecule has 0 bridgehead atoms. The Morgan fingerprint density at radius 1 is 1.15 bits per heavy atom. The molecule has 1 amide bonds. The molecule has 0 fully saturated rings. The van der Waals surface area contributed by atoms with Gasteiger partial charge in [0.1, 0.15) is 23.0 Å². The molecule has 0 radical (unpaired) electrons. The number of aliphatic hydroxyl groups is 2. The topological polar surface area (TPSA) is 107 Å². The van der Waals surface area contributed by atoms with Crippen LogP contribution < -0.4 is 10.6 Å². The Bertz CT molecular complexity index is 1120. The van der Waals surface area contributed by atoms with Crippen LogP contribution in [0.15, 0.2) is 48.4 Å². The van der Waals surface area contributed by atoms with Gasteiger partial charge in [-0.3, -0.25) is 9.69 Å². The fraction of sp³-hybridized carbons (Fsp3) is 0.360. The summed E-state index contributed by atoms with van der Waals surface area (Å²) in [4.78, 5) is 19.1. The van der Waals surface area contributed by atoms with Gasteiger partial charge in [-0.1, -0.05) is 0 Å². The van der Waals surface area contributed by atoms with E-state index in [1.54, 1.807) is 12.3 Å². The van der Waals surface area contributed by atoms with Crippen LogP contribution in [0.1, 0.15) is 25.0 Å². The van der Waals surface area contributed by atoms with Crippen molar-refractivity contribution in [3.63, 3.8) is 0 Å². The number of halogens is 1. The quantitative estimate of drug-likeness (QED) is 0.419. The van der Waals surface area contributed by atoms with Gasteiger partial charge in [0.2, 0.25) is 0 Å². The summed E-state index contributed by atoms with van der Waals surface area (Å²) < 4.78 is 19.7. The fourth-order valence-corrected chi connectivity index (χ4v) is 4.23. The predicted octanol–water partition coefficient (Wildman–Crippen LogP) is 2.47. The molecule has 0 saturated carbocycles. The number of carbonyl (C=O) groups is 1. The largest absolute Gasteiger partial charge is 0.482 e. The highest BCUT2D eigenvalue weighted by atomic mass is 19.1. The first kappa shape index (κ1) is 23.9. The summed E-state index contributed by atoms with van der Waals surface area (Å²) in [6.45, 7) is 6.24. The third-order valence-corrected chi connectivity index (χ3v) is 5.90. The number of pyridine rings is 1. The molecule has 3 heterocycles. The van der Waals surface area contributed by atoms with Gasteiger partial charge in [-0.25, -0.2) is 9.37 Å². The van der Waals surface area contributed by atoms with Crippen LogP contribution in [-0.4, -0.2) is 71.0 Å². The SMILES string of the molecule is CC1(C)OC(=C2C(=O)Nc3cc(F)ccc32)C=C1c1ccc(NCCN(CCO)CCO)nc1. The summed E-state index contributed by atoms with van der Waals surface area (Å²) in [5.41, 5.74) is 2.50. The van der Waals surface area contributed by atoms with E-state index >= 15 is 0 Å². The van der Waals surface area contributed by atoms with E-state index in [9.17, 15) is 9.18 Å². The van der Waals surface area contributed by atoms with Gasteiger partial charge in [-0.15, -0.1) is 0 Å². The van der Waals surface area contributed by atoms with Crippen LogP contribution >= 0.6 is 0 Å². The number of hydrogen-bond donors (Lipinski definition) is 4. The third-order valence-electron chi connectivity index (χ3n) is 5.90. The second-order valence-electron chi connectivity index (χ2n) is 8.70. The van der Waals surface area contributed by atoms with E-state index in [2.05, 4.69) is 15.6 Å². The molecule has 4 rings (SSSR count). The lowest BCUT2D eigenvalue weighted by molar-refractivity contribution is -0.111. The maximum atomic E-state index is 13.6. The van der Waals surface area contributed by atoms with Crippen molar-refractivity contribution in [3.05, 3.63) is 65.3 Å². The zero-order chi connectivity index (χ0) is 24.3. The van der Waals surface area contributed by atoms with E-state index in [0.29, 0.717) is 54.6 Å². The average molecular weight is 469 g/mol. The molecule has 34 heavy (non-hydrogen) atoms. The highest BCUT2D eigenvalue weighted by Crippen LogP contribution is 2.44. The summed E-state index contributed by atoms with van der Waals surface area (Å²) in [5, 5.41) is 24.2. The van der Waals surface area contributed by atoms with Crippen LogP contribution in [0.5, 0.6) is 0 Å². The Morgan fingerprint density at radius 3 is 2.59 bits per heavy atom. The summed E-state index contributed by atoms with van der Waals surface area (Å²) in [6, 6.07) is 8.02. The summed E-state index contributed by atoms with van der Waals surface area (Å²) in [6.07, 6.45) is 3.60. The minimum absolute atomic E-state index is 0.0438. The molecule has 1 aromatic heterocycles. The lowest BCUT2D eigenvalue weighted by Crippen LogP contribution is -2.34. The minimum atomic E-state index is -0.683. The predicted molar refractivity (Wildman–Crippen MR) is 128 cm³/mol. The smallest absolute Gasteiger partial charge is 0.260 e. The number of hydrogen-bond acceptors (Lipinski definition) is 7. The third kappa shape index (κ3) is 4.96. The molecular weight excluding hydrogens is 439 g/mol. The average Bonchev–Trinajstić information content (AvgIpc) is 3.28. The number of aromatic nitrogens is 1. The van der Waals surface area contributed by atoms with Crippen molar-refractivity contribution >= 4 is 28.6 Å². The van der Waals surface area contributed by atoms with Crippen LogP contribution in [-0.2, 0) is 9.53 Å². The summed E-state index contributed by atoms with van der Waals surface area (Å²) in [7, 11) is 0. The van der Waals surface area contributed by atoms with E-state index < -0.39 is 11.4 Å². The van der Waals surface area contributed by atoms with Gasteiger partial charge in [0.25, 0.3) is 5.91 Å². The molecule has 2 aromatic rings. The number of aliphatic hydroxyl groups excluding tert-OH is 2. The highest BCUT2D eigenvalue weighted by molar-refractivity contribution is 6.32. The molecule has 0 unspecified atom stereocenters. The number of ether oxygens (including phenoxy) is 1. The fourth-order valence-electron chi connectivity index (χ4n) is 4.23. The molecule has 0 saturated heterocycles. The van der Waals surface area contributed by atoms with Crippen LogP contribution in [0, 0.1) is 5.82 Å². The molecule has 8 nitrogen and oxygen atoms in total. The van der Waals surface area contributed by atoms with Crippen molar-refractivity contribution in [2.45, 2.75) is 19.4 Å². The van der Waals surface area contributed by atoms with E-state index in [1.165, 1.54) is 12.1 Å². The van der Waals surface area contributed by atoms with Gasteiger partial charge in [0.05, 0.1) is 24.5 Å². The number of carbonyl (C=O) groups excluding carboxylic acids is 1. The van der Waals surface area contributed by atoms with E-state index in [-0.39, 0.29) is 19.1 Å². The lowest BCUT2D eigenvalue weighted by Gasteiger charge is -2.23. The molecule has 0 atom stereocenters. The van der Waals surface area contributed by atoms with E-state index in [0.717, 1.165) is 11.1 Å². The van der Waals surface area contributed by atoms with Crippen molar-refractivity contribution < 1.29 is 24.1 Å². The van der Waals surface area contributed by atoms with Gasteiger partial charge >= 0.3 is 0 Å². The zero-order valence-corrected chi connectivity index (χ0v) is 19.3. The molecule has 2 aliphatic heterocycles. The van der Waals surface area contributed by atoms with Crippen molar-refractivity contribution in [2.24, 2.45) is 0 Å². The second-order valence-corrected chi connectivity index (χ2v) is 8.70. The number of nitrogens with one attached hydrogen (secondary N) is 2. The first-order chi connectivity index (χ1) is 16.3. The molecule has 180 valence electrons. The number of allylic oxidation sites excluding steroid dienone is 1. The zero-order valence-electron chi connectivity index (χ0n) is 19.3. The summed E-state index contributed by atoms with van der Waals surface area (Å²) >= 11 is 0. The molecule has 4 N–H and O–H groups in total. The number of rotatable bonds is 9. The molecule has 0 spiro atoms. The molecule has 2 aliphatic rings. The van der Waals surface area contributed by atoms with Crippen molar-refractivity contribution in [1.82, 2.24) is 9.88 Å². The molecular formula is C25H29FN4O4. The maximum absolute atomic E-state index is 13.6. The standard InChI is InChI=1S/C25H29FN4O4/c1-25(2)19(14-21(34-25)23-18-5-4-17(26)13-20(18)29-24(23)33)16-3-6-22(28-15-16)27-7-8-30(9-11-31)10-12-32/h3-6,13-15,31-32H,7-12H2,1-2H3,(H,27,28)(H,29,33). The van der Waals surface area contributed by atoms with E-state index in [1.807, 2.05) is 37.0 Å². The number of nitrogens with zero attached hydrogens (tertiary/aromatic N) is 2. The van der Waals surface area contributed by atoms with Crippen LogP contribution in [0.4, 0.5) is 15.9 Å². The number of amides is 1.